The van der Waals surface area contributed by atoms with Crippen molar-refractivity contribution in [3.63, 3.8) is 0 Å². The van der Waals surface area contributed by atoms with Gasteiger partial charge in [0.15, 0.2) is 16.6 Å². The maximum Gasteiger partial charge on any atom is 0.262 e. The number of hydrogen-bond donors (Lipinski definition) is 1. The van der Waals surface area contributed by atoms with Crippen LogP contribution in [0.1, 0.15) is 33.1 Å². The second-order valence-corrected chi connectivity index (χ2v) is 11.0. The van der Waals surface area contributed by atoms with E-state index >= 15 is 0 Å². The summed E-state index contributed by atoms with van der Waals surface area (Å²) in [6, 6.07) is 1.51. The molecule has 5 rings (SSSR count). The molecule has 29 heavy (non-hydrogen) atoms. The molecule has 4 heterocycles. The summed E-state index contributed by atoms with van der Waals surface area (Å²) in [4.78, 5) is 13.3. The molecule has 1 saturated heterocycles. The third kappa shape index (κ3) is 2.65. The Bertz CT molecular complexity index is 1130. The number of dihydropyridines is 1. The summed E-state index contributed by atoms with van der Waals surface area (Å²) in [5.41, 5.74) is 1.75. The molecule has 0 amide bonds. The molecule has 1 aromatic rings. The van der Waals surface area contributed by atoms with Crippen molar-refractivity contribution in [1.82, 2.24) is 19.4 Å². The lowest BCUT2D eigenvalue weighted by Gasteiger charge is -2.43. The Morgan fingerprint density at radius 3 is 2.76 bits per heavy atom. The number of Topliss-reactive ketones (excluding diaryl/α,β-unsaturated/α-hetero) is 1. The molecule has 1 N–H and O–H groups in total. The molecule has 1 aliphatic carbocycles. The number of sulfonamides is 1. The first-order valence-corrected chi connectivity index (χ1v) is 11.2. The Kier molecular flexibility index (Phi) is 3.77. The number of carbonyl (C=O) groups is 1. The van der Waals surface area contributed by atoms with Gasteiger partial charge in [0.1, 0.15) is 0 Å². The normalized spacial score (nSPS) is 28.9. The average Bonchev–Trinajstić information content (AvgIpc) is 3.33. The van der Waals surface area contributed by atoms with Crippen molar-refractivity contribution >= 4 is 15.8 Å². The van der Waals surface area contributed by atoms with E-state index in [1.54, 1.807) is 13.2 Å². The number of aromatic nitrogens is 2. The van der Waals surface area contributed by atoms with E-state index in [4.69, 9.17) is 0 Å². The zero-order valence-corrected chi connectivity index (χ0v) is 17.6. The van der Waals surface area contributed by atoms with E-state index in [2.05, 4.69) is 34.5 Å². The van der Waals surface area contributed by atoms with Crippen molar-refractivity contribution in [2.45, 2.75) is 38.1 Å². The minimum Gasteiger partial charge on any atom is -0.342 e. The fourth-order valence-electron chi connectivity index (χ4n) is 5.16. The van der Waals surface area contributed by atoms with Crippen LogP contribution < -0.4 is 5.32 Å². The highest BCUT2D eigenvalue weighted by molar-refractivity contribution is 7.89. The largest absolute Gasteiger partial charge is 0.342 e. The molecular weight excluding hydrogens is 392 g/mol. The number of fused-ring (bicyclic) bond motifs is 2. The summed E-state index contributed by atoms with van der Waals surface area (Å²) in [5.74, 6) is 0.783. The van der Waals surface area contributed by atoms with Crippen molar-refractivity contribution in [3.8, 4) is 0 Å². The van der Waals surface area contributed by atoms with Crippen LogP contribution in [0, 0.1) is 10.8 Å². The number of aryl methyl sites for hydroxylation is 1. The van der Waals surface area contributed by atoms with Gasteiger partial charge in [-0.05, 0) is 24.3 Å². The molecule has 3 aliphatic heterocycles. The summed E-state index contributed by atoms with van der Waals surface area (Å²) < 4.78 is 29.3. The van der Waals surface area contributed by atoms with Crippen LogP contribution in [0.5, 0.6) is 0 Å². The zero-order valence-electron chi connectivity index (χ0n) is 16.8. The molecule has 1 fully saturated rings. The van der Waals surface area contributed by atoms with Gasteiger partial charge in [0.25, 0.3) is 10.0 Å². The molecule has 0 unspecified atom stereocenters. The molecule has 4 aliphatic rings. The first-order chi connectivity index (χ1) is 13.6. The third-order valence-corrected chi connectivity index (χ3v) is 8.15. The Labute approximate surface area is 169 Å². The highest BCUT2D eigenvalue weighted by atomic mass is 32.2. The van der Waals surface area contributed by atoms with Crippen molar-refractivity contribution < 1.29 is 13.2 Å². The molecule has 0 saturated carbocycles. The molecule has 10 heteroatoms. The Morgan fingerprint density at radius 2 is 2.03 bits per heavy atom. The molecule has 0 bridgehead atoms. The fourth-order valence-corrected chi connectivity index (χ4v) is 6.61. The van der Waals surface area contributed by atoms with E-state index in [0.717, 1.165) is 23.3 Å². The van der Waals surface area contributed by atoms with Crippen LogP contribution in [-0.4, -0.2) is 47.9 Å². The Morgan fingerprint density at radius 1 is 1.24 bits per heavy atom. The number of hydrogen-bond acceptors (Lipinski definition) is 7. The third-order valence-electron chi connectivity index (χ3n) is 6.41. The van der Waals surface area contributed by atoms with Crippen LogP contribution in [-0.2, 0) is 21.9 Å². The second kappa shape index (κ2) is 5.85. The molecule has 0 radical (unpaired) electrons. The smallest absolute Gasteiger partial charge is 0.262 e. The fraction of sp³-hybridized carbons (Fsp3) is 0.579. The van der Waals surface area contributed by atoms with E-state index in [-0.39, 0.29) is 22.8 Å². The van der Waals surface area contributed by atoms with E-state index in [9.17, 15) is 13.2 Å². The molecule has 1 spiro atoms. The lowest BCUT2D eigenvalue weighted by molar-refractivity contribution is -0.119. The van der Waals surface area contributed by atoms with Crippen LogP contribution in [0.4, 0.5) is 0 Å². The SMILES string of the molecule is Cn1ccc(S(=O)(=O)N2CC[C@]3(C2)C2=C(N=NC2)NC2=C3C(=O)CC(C)(C)C2)n1. The summed E-state index contributed by atoms with van der Waals surface area (Å²) in [6.45, 7) is 5.12. The molecule has 9 nitrogen and oxygen atoms in total. The average molecular weight is 417 g/mol. The summed E-state index contributed by atoms with van der Waals surface area (Å²) in [6.07, 6.45) is 3.36. The lowest BCUT2D eigenvalue weighted by Crippen LogP contribution is -2.45. The predicted octanol–water partition coefficient (Wildman–Crippen LogP) is 1.72. The van der Waals surface area contributed by atoms with Gasteiger partial charge < -0.3 is 5.32 Å². The zero-order chi connectivity index (χ0) is 20.6. The van der Waals surface area contributed by atoms with Gasteiger partial charge in [-0.3, -0.25) is 9.48 Å². The number of rotatable bonds is 2. The van der Waals surface area contributed by atoms with Crippen molar-refractivity contribution in [2.24, 2.45) is 28.1 Å². The van der Waals surface area contributed by atoms with Gasteiger partial charge in [-0.2, -0.15) is 14.5 Å². The van der Waals surface area contributed by atoms with Crippen molar-refractivity contribution in [1.29, 1.82) is 0 Å². The van der Waals surface area contributed by atoms with E-state index in [0.29, 0.717) is 31.8 Å². The lowest BCUT2D eigenvalue weighted by atomic mass is 9.63. The van der Waals surface area contributed by atoms with Gasteiger partial charge in [-0.25, -0.2) is 8.42 Å². The Hall–Kier alpha value is -2.33. The van der Waals surface area contributed by atoms with Crippen LogP contribution in [0.25, 0.3) is 0 Å². The van der Waals surface area contributed by atoms with E-state index in [1.807, 2.05) is 0 Å². The first kappa shape index (κ1) is 18.7. The summed E-state index contributed by atoms with van der Waals surface area (Å²) >= 11 is 0. The van der Waals surface area contributed by atoms with Crippen molar-refractivity contribution in [3.05, 3.63) is 34.9 Å². The quantitative estimate of drug-likeness (QED) is 0.790. The molecule has 154 valence electrons. The summed E-state index contributed by atoms with van der Waals surface area (Å²) in [5, 5.41) is 15.9. The number of carbonyl (C=O) groups excluding carboxylic acids is 1. The Balaban J connectivity index is 1.59. The molecule has 1 atom stereocenters. The van der Waals surface area contributed by atoms with Crippen LogP contribution in [0.2, 0.25) is 0 Å². The topological polar surface area (TPSA) is 109 Å². The number of nitrogens with one attached hydrogen (secondary N) is 1. The number of azo groups is 1. The van der Waals surface area contributed by atoms with E-state index in [1.165, 1.54) is 15.1 Å². The van der Waals surface area contributed by atoms with Gasteiger partial charge in [0, 0.05) is 55.0 Å². The molecule has 0 aromatic carbocycles. The van der Waals surface area contributed by atoms with Crippen LogP contribution in [0.15, 0.2) is 50.2 Å². The monoisotopic (exact) mass is 416 g/mol. The highest BCUT2D eigenvalue weighted by Crippen LogP contribution is 2.54. The first-order valence-electron chi connectivity index (χ1n) is 9.77. The maximum atomic E-state index is 13.3. The van der Waals surface area contributed by atoms with Gasteiger partial charge in [-0.15, -0.1) is 5.11 Å². The minimum absolute atomic E-state index is 0.0336. The standard InChI is InChI=1S/C19H24N6O3S/c1-18(2)8-13-16(14(26)9-18)19(12-10-20-22-17(12)21-13)5-7-25(11-19)29(27,28)15-4-6-24(3)23-15/h4,6,21H,5,7-11H2,1-3H3/t19-/m0/s1. The van der Waals surface area contributed by atoms with Gasteiger partial charge in [-0.1, -0.05) is 13.8 Å². The van der Waals surface area contributed by atoms with Crippen LogP contribution in [0.3, 0.4) is 0 Å². The van der Waals surface area contributed by atoms with E-state index < -0.39 is 15.4 Å². The molecular formula is C19H24N6O3S. The van der Waals surface area contributed by atoms with Gasteiger partial charge >= 0.3 is 0 Å². The van der Waals surface area contributed by atoms with Gasteiger partial charge in [0.05, 0.1) is 6.54 Å². The minimum atomic E-state index is -3.74. The predicted molar refractivity (Wildman–Crippen MR) is 104 cm³/mol. The van der Waals surface area contributed by atoms with Gasteiger partial charge in [0.2, 0.25) is 0 Å². The van der Waals surface area contributed by atoms with Crippen molar-refractivity contribution in [2.75, 3.05) is 19.6 Å². The molecule has 1 aromatic heterocycles. The number of ketones is 1. The second-order valence-electron chi connectivity index (χ2n) is 9.14. The van der Waals surface area contributed by atoms with Crippen LogP contribution >= 0.6 is 0 Å². The number of nitrogens with zero attached hydrogens (tertiary/aromatic N) is 5. The number of allylic oxidation sites excluding steroid dienone is 1. The highest BCUT2D eigenvalue weighted by Gasteiger charge is 2.56. The maximum absolute atomic E-state index is 13.3. The summed E-state index contributed by atoms with van der Waals surface area (Å²) in [7, 11) is -2.05.